The second-order valence-electron chi connectivity index (χ2n) is 5.28. The molecule has 1 aromatic rings. The van der Waals surface area contributed by atoms with E-state index in [2.05, 4.69) is 0 Å². The van der Waals surface area contributed by atoms with E-state index in [1.807, 2.05) is 0 Å². The van der Waals surface area contributed by atoms with Crippen LogP contribution in [0.15, 0.2) is 18.2 Å². The number of hydrogen-bond acceptors (Lipinski definition) is 2. The number of carbonyl (C=O) groups is 2. The highest BCUT2D eigenvalue weighted by molar-refractivity contribution is 5.94. The van der Waals surface area contributed by atoms with Crippen molar-refractivity contribution in [1.29, 1.82) is 0 Å². The average Bonchev–Trinajstić information content (AvgIpc) is 2.63. The number of likely N-dealkylation sites (tertiary alicyclic amines) is 1. The van der Waals surface area contributed by atoms with Crippen LogP contribution in [-0.4, -0.2) is 35.0 Å². The van der Waals surface area contributed by atoms with Gasteiger partial charge in [-0.1, -0.05) is 6.07 Å². The molecular formula is C15H17F2NO3. The van der Waals surface area contributed by atoms with Crippen molar-refractivity contribution < 1.29 is 23.5 Å². The van der Waals surface area contributed by atoms with Crippen LogP contribution in [-0.2, 0) is 4.79 Å². The van der Waals surface area contributed by atoms with Gasteiger partial charge in [0.25, 0.3) is 5.91 Å². The predicted molar refractivity (Wildman–Crippen MR) is 71.9 cm³/mol. The molecule has 0 aliphatic carbocycles. The molecule has 0 aromatic heterocycles. The van der Waals surface area contributed by atoms with Crippen LogP contribution in [0.5, 0.6) is 0 Å². The fraction of sp³-hybridized carbons (Fsp3) is 0.467. The van der Waals surface area contributed by atoms with Crippen LogP contribution in [0.1, 0.15) is 36.0 Å². The van der Waals surface area contributed by atoms with Crippen molar-refractivity contribution in [2.75, 3.05) is 13.1 Å². The summed E-state index contributed by atoms with van der Waals surface area (Å²) in [6, 6.07) is 3.33. The van der Waals surface area contributed by atoms with Gasteiger partial charge in [-0.15, -0.1) is 0 Å². The second-order valence-corrected chi connectivity index (χ2v) is 5.28. The summed E-state index contributed by atoms with van der Waals surface area (Å²) in [7, 11) is 0. The first-order valence-electron chi connectivity index (χ1n) is 6.94. The zero-order valence-electron chi connectivity index (χ0n) is 11.5. The summed E-state index contributed by atoms with van der Waals surface area (Å²) in [6.07, 6.45) is 1.94. The van der Waals surface area contributed by atoms with Crippen LogP contribution in [0.4, 0.5) is 8.78 Å². The van der Waals surface area contributed by atoms with E-state index in [9.17, 15) is 18.4 Å². The van der Waals surface area contributed by atoms with Crippen molar-refractivity contribution in [2.45, 2.75) is 25.7 Å². The Hall–Kier alpha value is -1.98. The third-order valence-corrected chi connectivity index (χ3v) is 3.77. The van der Waals surface area contributed by atoms with Gasteiger partial charge >= 0.3 is 5.97 Å². The van der Waals surface area contributed by atoms with Gasteiger partial charge in [-0.25, -0.2) is 8.78 Å². The zero-order valence-corrected chi connectivity index (χ0v) is 11.5. The molecule has 4 nitrogen and oxygen atoms in total. The normalized spacial score (nSPS) is 19.1. The van der Waals surface area contributed by atoms with Gasteiger partial charge in [-0.3, -0.25) is 9.59 Å². The molecule has 0 bridgehead atoms. The summed E-state index contributed by atoms with van der Waals surface area (Å²) in [5, 5.41) is 8.80. The molecule has 0 spiro atoms. The standard InChI is InChI=1S/C15H17F2NO3/c16-11-4-1-5-12(17)14(11)15(21)18-7-2-3-10(6-8-18)9-13(19)20/h1,4-5,10H,2-3,6-9H2,(H,19,20)/t10-/m0/s1. The van der Waals surface area contributed by atoms with Gasteiger partial charge in [-0.05, 0) is 37.3 Å². The monoisotopic (exact) mass is 297 g/mol. The van der Waals surface area contributed by atoms with E-state index >= 15 is 0 Å². The maximum absolute atomic E-state index is 13.6. The first-order valence-corrected chi connectivity index (χ1v) is 6.94. The maximum atomic E-state index is 13.6. The fourth-order valence-corrected chi connectivity index (χ4v) is 2.68. The van der Waals surface area contributed by atoms with Crippen molar-refractivity contribution in [3.8, 4) is 0 Å². The zero-order chi connectivity index (χ0) is 15.4. The summed E-state index contributed by atoms with van der Waals surface area (Å²) in [5.74, 6) is -3.26. The van der Waals surface area contributed by atoms with Crippen molar-refractivity contribution in [2.24, 2.45) is 5.92 Å². The SMILES string of the molecule is O=C(O)C[C@H]1CCCN(C(=O)c2c(F)cccc2F)CC1. The number of hydrogen-bond donors (Lipinski definition) is 1. The molecule has 1 saturated heterocycles. The number of carboxylic acid groups (broad SMARTS) is 1. The number of carbonyl (C=O) groups excluding carboxylic acids is 1. The summed E-state index contributed by atoms with van der Waals surface area (Å²) in [5.41, 5.74) is -0.533. The molecule has 0 unspecified atom stereocenters. The molecule has 21 heavy (non-hydrogen) atoms. The smallest absolute Gasteiger partial charge is 0.303 e. The molecule has 2 rings (SSSR count). The van der Waals surface area contributed by atoms with E-state index in [0.717, 1.165) is 12.1 Å². The minimum absolute atomic E-state index is 0.00534. The molecule has 1 amide bonds. The lowest BCUT2D eigenvalue weighted by molar-refractivity contribution is -0.138. The third kappa shape index (κ3) is 3.77. The first kappa shape index (κ1) is 15.4. The second kappa shape index (κ2) is 6.65. The Bertz CT molecular complexity index is 527. The van der Waals surface area contributed by atoms with Crippen molar-refractivity contribution in [3.05, 3.63) is 35.4 Å². The van der Waals surface area contributed by atoms with Crippen molar-refractivity contribution in [3.63, 3.8) is 0 Å². The highest BCUT2D eigenvalue weighted by Crippen LogP contribution is 2.23. The Balaban J connectivity index is 2.08. The van der Waals surface area contributed by atoms with Crippen molar-refractivity contribution >= 4 is 11.9 Å². The molecule has 1 aliphatic heterocycles. The molecule has 1 atom stereocenters. The summed E-state index contributed by atoms with van der Waals surface area (Å²) in [4.78, 5) is 24.4. The van der Waals surface area contributed by atoms with Gasteiger partial charge in [-0.2, -0.15) is 0 Å². The minimum atomic E-state index is -0.869. The Labute approximate surface area is 121 Å². The van der Waals surface area contributed by atoms with E-state index in [0.29, 0.717) is 32.4 Å². The molecule has 1 aromatic carbocycles. The number of benzene rings is 1. The van der Waals surface area contributed by atoms with Crippen LogP contribution in [0.25, 0.3) is 0 Å². The fourth-order valence-electron chi connectivity index (χ4n) is 2.68. The molecule has 1 aliphatic rings. The Morgan fingerprint density at radius 3 is 2.48 bits per heavy atom. The van der Waals surface area contributed by atoms with Gasteiger partial charge in [0, 0.05) is 19.5 Å². The average molecular weight is 297 g/mol. The highest BCUT2D eigenvalue weighted by Gasteiger charge is 2.26. The van der Waals surface area contributed by atoms with Crippen LogP contribution in [0.2, 0.25) is 0 Å². The lowest BCUT2D eigenvalue weighted by atomic mass is 9.97. The molecular weight excluding hydrogens is 280 g/mol. The molecule has 1 heterocycles. The van der Waals surface area contributed by atoms with E-state index in [1.165, 1.54) is 11.0 Å². The molecule has 0 saturated carbocycles. The number of halogens is 2. The summed E-state index contributed by atoms with van der Waals surface area (Å²) >= 11 is 0. The van der Waals surface area contributed by atoms with Gasteiger partial charge in [0.1, 0.15) is 17.2 Å². The largest absolute Gasteiger partial charge is 0.481 e. The Morgan fingerprint density at radius 2 is 1.86 bits per heavy atom. The third-order valence-electron chi connectivity index (χ3n) is 3.77. The highest BCUT2D eigenvalue weighted by atomic mass is 19.1. The number of nitrogens with zero attached hydrogens (tertiary/aromatic N) is 1. The van der Waals surface area contributed by atoms with Crippen LogP contribution < -0.4 is 0 Å². The molecule has 1 fully saturated rings. The molecule has 114 valence electrons. The number of rotatable bonds is 3. The van der Waals surface area contributed by atoms with E-state index in [1.54, 1.807) is 0 Å². The Kier molecular flexibility index (Phi) is 4.88. The number of carboxylic acids is 1. The van der Waals surface area contributed by atoms with Gasteiger partial charge in [0.05, 0.1) is 0 Å². The topological polar surface area (TPSA) is 57.6 Å². The lowest BCUT2D eigenvalue weighted by Gasteiger charge is -2.21. The number of amides is 1. The number of aliphatic carboxylic acids is 1. The minimum Gasteiger partial charge on any atom is -0.481 e. The van der Waals surface area contributed by atoms with Gasteiger partial charge in [0.2, 0.25) is 0 Å². The first-order chi connectivity index (χ1) is 9.99. The van der Waals surface area contributed by atoms with E-state index < -0.39 is 29.1 Å². The van der Waals surface area contributed by atoms with Crippen molar-refractivity contribution in [1.82, 2.24) is 4.90 Å². The summed E-state index contributed by atoms with van der Waals surface area (Å²) < 4.78 is 27.3. The van der Waals surface area contributed by atoms with Crippen LogP contribution >= 0.6 is 0 Å². The quantitative estimate of drug-likeness (QED) is 0.933. The van der Waals surface area contributed by atoms with E-state index in [-0.39, 0.29) is 12.3 Å². The van der Waals surface area contributed by atoms with E-state index in [4.69, 9.17) is 5.11 Å². The van der Waals surface area contributed by atoms with Gasteiger partial charge < -0.3 is 10.0 Å². The molecule has 6 heteroatoms. The molecule has 0 radical (unpaired) electrons. The lowest BCUT2D eigenvalue weighted by Crippen LogP contribution is -2.33. The summed E-state index contributed by atoms with van der Waals surface area (Å²) in [6.45, 7) is 0.716. The van der Waals surface area contributed by atoms with Crippen LogP contribution in [0.3, 0.4) is 0 Å². The maximum Gasteiger partial charge on any atom is 0.303 e. The van der Waals surface area contributed by atoms with Gasteiger partial charge in [0.15, 0.2) is 0 Å². The van der Waals surface area contributed by atoms with Crippen LogP contribution in [0, 0.1) is 17.6 Å². The molecule has 1 N–H and O–H groups in total. The Morgan fingerprint density at radius 1 is 1.19 bits per heavy atom. The predicted octanol–water partition coefficient (Wildman–Crippen LogP) is 2.68.